The highest BCUT2D eigenvalue weighted by Crippen LogP contribution is 2.19. The van der Waals surface area contributed by atoms with E-state index in [2.05, 4.69) is 5.32 Å². The quantitative estimate of drug-likeness (QED) is 0.497. The number of halogens is 1. The molecule has 0 fully saturated rings. The van der Waals surface area contributed by atoms with Crippen LogP contribution in [0.4, 0.5) is 4.39 Å². The standard InChI is InChI=1S/C27H29FN2O3/c1-3-26(31)30(19-21-13-15-23(28)16-14-21)24(17-20-9-5-4-6-10-20)27(32)29-18-22-11-7-8-12-25(22)33-2/h4-16,24H,3,17-19H2,1-2H3,(H,29,32). The Morgan fingerprint density at radius 3 is 2.27 bits per heavy atom. The minimum absolute atomic E-state index is 0.146. The van der Waals surface area contributed by atoms with Crippen LogP contribution >= 0.6 is 0 Å². The van der Waals surface area contributed by atoms with Gasteiger partial charge in [-0.1, -0.05) is 67.6 Å². The van der Waals surface area contributed by atoms with Gasteiger partial charge in [-0.2, -0.15) is 0 Å². The van der Waals surface area contributed by atoms with E-state index in [4.69, 9.17) is 4.74 Å². The molecule has 3 aromatic rings. The van der Waals surface area contributed by atoms with Crippen molar-refractivity contribution in [3.63, 3.8) is 0 Å². The highest BCUT2D eigenvalue weighted by Gasteiger charge is 2.29. The molecule has 1 N–H and O–H groups in total. The number of hydrogen-bond acceptors (Lipinski definition) is 3. The second-order valence-electron chi connectivity index (χ2n) is 7.74. The second kappa shape index (κ2) is 11.8. The van der Waals surface area contributed by atoms with Crippen molar-refractivity contribution in [2.24, 2.45) is 0 Å². The van der Waals surface area contributed by atoms with Crippen LogP contribution in [0.3, 0.4) is 0 Å². The average Bonchev–Trinajstić information content (AvgIpc) is 2.86. The third-order valence-electron chi connectivity index (χ3n) is 5.49. The number of nitrogens with one attached hydrogen (secondary N) is 1. The lowest BCUT2D eigenvalue weighted by atomic mass is 10.0. The topological polar surface area (TPSA) is 58.6 Å². The predicted octanol–water partition coefficient (Wildman–Crippen LogP) is 4.50. The third kappa shape index (κ3) is 6.65. The maximum atomic E-state index is 13.4. The van der Waals surface area contributed by atoms with Crippen LogP contribution < -0.4 is 10.1 Å². The first-order valence-corrected chi connectivity index (χ1v) is 11.0. The summed E-state index contributed by atoms with van der Waals surface area (Å²) in [6, 6.07) is 22.3. The molecule has 0 aromatic heterocycles. The van der Waals surface area contributed by atoms with Gasteiger partial charge in [-0.3, -0.25) is 9.59 Å². The fourth-order valence-electron chi connectivity index (χ4n) is 3.69. The number of rotatable bonds is 10. The molecule has 3 aromatic carbocycles. The van der Waals surface area contributed by atoms with Crippen LogP contribution in [-0.4, -0.2) is 29.9 Å². The van der Waals surface area contributed by atoms with Gasteiger partial charge in [0.25, 0.3) is 0 Å². The van der Waals surface area contributed by atoms with Gasteiger partial charge in [0.2, 0.25) is 11.8 Å². The minimum Gasteiger partial charge on any atom is -0.496 e. The van der Waals surface area contributed by atoms with E-state index in [0.29, 0.717) is 12.2 Å². The molecule has 6 heteroatoms. The predicted molar refractivity (Wildman–Crippen MR) is 126 cm³/mol. The van der Waals surface area contributed by atoms with Crippen molar-refractivity contribution in [3.05, 3.63) is 101 Å². The molecule has 1 atom stereocenters. The van der Waals surface area contributed by atoms with E-state index in [-0.39, 0.29) is 37.1 Å². The molecule has 1 unspecified atom stereocenters. The van der Waals surface area contributed by atoms with Crippen LogP contribution in [0, 0.1) is 5.82 Å². The summed E-state index contributed by atoms with van der Waals surface area (Å²) in [5.41, 5.74) is 2.55. The van der Waals surface area contributed by atoms with Crippen LogP contribution in [0.25, 0.3) is 0 Å². The maximum absolute atomic E-state index is 13.4. The van der Waals surface area contributed by atoms with E-state index in [0.717, 1.165) is 16.7 Å². The summed E-state index contributed by atoms with van der Waals surface area (Å²) in [6.07, 6.45) is 0.623. The molecule has 2 amide bonds. The molecule has 0 aliphatic rings. The summed E-state index contributed by atoms with van der Waals surface area (Å²) in [7, 11) is 1.59. The first kappa shape index (κ1) is 24.0. The first-order valence-electron chi connectivity index (χ1n) is 11.0. The van der Waals surface area contributed by atoms with Crippen LogP contribution in [-0.2, 0) is 29.1 Å². The normalized spacial score (nSPS) is 11.5. The Hall–Kier alpha value is -3.67. The summed E-state index contributed by atoms with van der Waals surface area (Å²) < 4.78 is 18.8. The Balaban J connectivity index is 1.87. The number of hydrogen-bond donors (Lipinski definition) is 1. The van der Waals surface area contributed by atoms with E-state index in [1.165, 1.54) is 12.1 Å². The summed E-state index contributed by atoms with van der Waals surface area (Å²) in [5, 5.41) is 2.98. The largest absolute Gasteiger partial charge is 0.496 e. The van der Waals surface area contributed by atoms with Crippen molar-refractivity contribution in [3.8, 4) is 5.75 Å². The molecular weight excluding hydrogens is 419 g/mol. The number of para-hydroxylation sites is 1. The Bertz CT molecular complexity index is 1050. The van der Waals surface area contributed by atoms with E-state index < -0.39 is 6.04 Å². The molecule has 0 radical (unpaired) electrons. The highest BCUT2D eigenvalue weighted by atomic mass is 19.1. The summed E-state index contributed by atoms with van der Waals surface area (Å²) in [6.45, 7) is 2.26. The van der Waals surface area contributed by atoms with Crippen LogP contribution in [0.15, 0.2) is 78.9 Å². The maximum Gasteiger partial charge on any atom is 0.243 e. The SMILES string of the molecule is CCC(=O)N(Cc1ccc(F)cc1)C(Cc1ccccc1)C(=O)NCc1ccccc1OC. The average molecular weight is 449 g/mol. The number of amides is 2. The van der Waals surface area contributed by atoms with Gasteiger partial charge >= 0.3 is 0 Å². The minimum atomic E-state index is -0.723. The number of nitrogens with zero attached hydrogens (tertiary/aromatic N) is 1. The Kier molecular flexibility index (Phi) is 8.58. The van der Waals surface area contributed by atoms with Crippen molar-refractivity contribution in [1.29, 1.82) is 0 Å². The number of methoxy groups -OCH3 is 1. The van der Waals surface area contributed by atoms with Gasteiger partial charge in [-0.15, -0.1) is 0 Å². The van der Waals surface area contributed by atoms with Crippen LogP contribution in [0.1, 0.15) is 30.0 Å². The monoisotopic (exact) mass is 448 g/mol. The molecule has 0 saturated heterocycles. The van der Waals surface area contributed by atoms with Gasteiger partial charge in [0.15, 0.2) is 0 Å². The lowest BCUT2D eigenvalue weighted by Crippen LogP contribution is -2.50. The Morgan fingerprint density at radius 1 is 0.939 bits per heavy atom. The molecule has 0 bridgehead atoms. The molecule has 0 aliphatic carbocycles. The number of carbonyl (C=O) groups excluding carboxylic acids is 2. The molecule has 0 aliphatic heterocycles. The first-order chi connectivity index (χ1) is 16.0. The van der Waals surface area contributed by atoms with Crippen LogP contribution in [0.2, 0.25) is 0 Å². The summed E-state index contributed by atoms with van der Waals surface area (Å²) >= 11 is 0. The zero-order valence-electron chi connectivity index (χ0n) is 19.0. The van der Waals surface area contributed by atoms with Gasteiger partial charge in [-0.25, -0.2) is 4.39 Å². The van der Waals surface area contributed by atoms with Gasteiger partial charge < -0.3 is 15.0 Å². The third-order valence-corrected chi connectivity index (χ3v) is 5.49. The summed E-state index contributed by atoms with van der Waals surface area (Å²) in [5.74, 6) is -0.0610. The van der Waals surface area contributed by atoms with Gasteiger partial charge in [-0.05, 0) is 29.3 Å². The molecule has 0 saturated carbocycles. The lowest BCUT2D eigenvalue weighted by Gasteiger charge is -2.31. The van der Waals surface area contributed by atoms with Gasteiger partial charge in [0, 0.05) is 31.5 Å². The number of ether oxygens (including phenoxy) is 1. The smallest absolute Gasteiger partial charge is 0.243 e. The van der Waals surface area contributed by atoms with Crippen LogP contribution in [0.5, 0.6) is 5.75 Å². The Morgan fingerprint density at radius 2 is 1.61 bits per heavy atom. The molecule has 172 valence electrons. The van der Waals surface area contributed by atoms with Gasteiger partial charge in [0.1, 0.15) is 17.6 Å². The molecule has 33 heavy (non-hydrogen) atoms. The summed E-state index contributed by atoms with van der Waals surface area (Å²) in [4.78, 5) is 27.9. The van der Waals surface area contributed by atoms with E-state index >= 15 is 0 Å². The van der Waals surface area contributed by atoms with Crippen molar-refractivity contribution in [2.75, 3.05) is 7.11 Å². The fourth-order valence-corrected chi connectivity index (χ4v) is 3.69. The molecular formula is C27H29FN2O3. The molecule has 0 heterocycles. The second-order valence-corrected chi connectivity index (χ2v) is 7.74. The van der Waals surface area contributed by atoms with Crippen molar-refractivity contribution in [1.82, 2.24) is 10.2 Å². The molecule has 5 nitrogen and oxygen atoms in total. The zero-order chi connectivity index (χ0) is 23.6. The fraction of sp³-hybridized carbons (Fsp3) is 0.259. The van der Waals surface area contributed by atoms with Gasteiger partial charge in [0.05, 0.1) is 7.11 Å². The highest BCUT2D eigenvalue weighted by molar-refractivity contribution is 5.88. The Labute approximate surface area is 194 Å². The van der Waals surface area contributed by atoms with E-state index in [9.17, 15) is 14.0 Å². The zero-order valence-corrected chi connectivity index (χ0v) is 19.0. The van der Waals surface area contributed by atoms with E-state index in [1.807, 2.05) is 54.6 Å². The van der Waals surface area contributed by atoms with Crippen molar-refractivity contribution >= 4 is 11.8 Å². The van der Waals surface area contributed by atoms with Crippen molar-refractivity contribution < 1.29 is 18.7 Å². The van der Waals surface area contributed by atoms with E-state index in [1.54, 1.807) is 31.1 Å². The van der Waals surface area contributed by atoms with Crippen molar-refractivity contribution in [2.45, 2.75) is 38.9 Å². The molecule has 0 spiro atoms. The molecule has 3 rings (SSSR count). The lowest BCUT2D eigenvalue weighted by molar-refractivity contribution is -0.141. The number of carbonyl (C=O) groups is 2. The number of benzene rings is 3.